The third kappa shape index (κ3) is 1.51. The van der Waals surface area contributed by atoms with E-state index in [0.717, 1.165) is 12.0 Å². The van der Waals surface area contributed by atoms with E-state index in [-0.39, 0.29) is 17.3 Å². The van der Waals surface area contributed by atoms with E-state index in [1.165, 1.54) is 5.56 Å². The third-order valence-electron chi connectivity index (χ3n) is 5.13. The first-order valence-corrected chi connectivity index (χ1v) is 7.02. The van der Waals surface area contributed by atoms with E-state index < -0.39 is 0 Å². The first-order valence-electron chi connectivity index (χ1n) is 7.02. The highest BCUT2D eigenvalue weighted by molar-refractivity contribution is 5.97. The molecule has 0 heterocycles. The van der Waals surface area contributed by atoms with Gasteiger partial charge in [0.25, 0.3) is 0 Å². The van der Waals surface area contributed by atoms with Crippen LogP contribution in [-0.4, -0.2) is 5.78 Å². The number of carbonyl (C=O) groups is 1. The van der Waals surface area contributed by atoms with Gasteiger partial charge in [-0.05, 0) is 31.7 Å². The van der Waals surface area contributed by atoms with Crippen LogP contribution in [-0.2, 0) is 4.79 Å². The molecule has 1 aromatic carbocycles. The van der Waals surface area contributed by atoms with E-state index in [1.807, 2.05) is 25.1 Å². The summed E-state index contributed by atoms with van der Waals surface area (Å²) in [4.78, 5) is 12.7. The van der Waals surface area contributed by atoms with E-state index in [1.54, 1.807) is 0 Å². The van der Waals surface area contributed by atoms with Crippen LogP contribution in [0.25, 0.3) is 0 Å². The van der Waals surface area contributed by atoms with Gasteiger partial charge < -0.3 is 0 Å². The first kappa shape index (κ1) is 12.4. The van der Waals surface area contributed by atoms with Crippen molar-refractivity contribution in [1.82, 2.24) is 0 Å². The second-order valence-corrected chi connectivity index (χ2v) is 5.95. The van der Waals surface area contributed by atoms with Crippen molar-refractivity contribution in [3.8, 4) is 0 Å². The second-order valence-electron chi connectivity index (χ2n) is 5.95. The van der Waals surface area contributed by atoms with E-state index in [4.69, 9.17) is 0 Å². The molecule has 0 radical (unpaired) electrons. The lowest BCUT2D eigenvalue weighted by Gasteiger charge is -2.34. The lowest BCUT2D eigenvalue weighted by Crippen LogP contribution is -2.28. The van der Waals surface area contributed by atoms with Crippen molar-refractivity contribution in [2.75, 3.05) is 0 Å². The van der Waals surface area contributed by atoms with Crippen LogP contribution in [0.15, 0.2) is 54.6 Å². The zero-order valence-corrected chi connectivity index (χ0v) is 11.6. The number of rotatable bonds is 2. The highest BCUT2D eigenvalue weighted by Gasteiger charge is 2.62. The molecule has 0 N–H and O–H groups in total. The van der Waals surface area contributed by atoms with Gasteiger partial charge in [-0.25, -0.2) is 0 Å². The van der Waals surface area contributed by atoms with Gasteiger partial charge in [0.15, 0.2) is 0 Å². The maximum atomic E-state index is 12.7. The van der Waals surface area contributed by atoms with Crippen LogP contribution >= 0.6 is 0 Å². The Kier molecular flexibility index (Phi) is 2.74. The zero-order chi connectivity index (χ0) is 13.6. The Labute approximate surface area is 115 Å². The third-order valence-corrected chi connectivity index (χ3v) is 5.13. The maximum absolute atomic E-state index is 12.7. The lowest BCUT2D eigenvalue weighted by atomic mass is 9.68. The molecule has 2 aliphatic carbocycles. The largest absolute Gasteiger partial charge is 0.298 e. The highest BCUT2D eigenvalue weighted by Crippen LogP contribution is 2.63. The number of fused-ring (bicyclic) bond motifs is 2. The molecule has 1 aromatic rings. The molecule has 98 valence electrons. The van der Waals surface area contributed by atoms with Crippen LogP contribution in [0, 0.1) is 17.3 Å². The Balaban J connectivity index is 2.03. The van der Waals surface area contributed by atoms with E-state index >= 15 is 0 Å². The van der Waals surface area contributed by atoms with Crippen molar-refractivity contribution in [2.24, 2.45) is 17.3 Å². The molecular weight excluding hydrogens is 232 g/mol. The van der Waals surface area contributed by atoms with Gasteiger partial charge in [-0.3, -0.25) is 4.79 Å². The number of Topliss-reactive ketones (excluding diaryl/α,β-unsaturated/α-hetero) is 1. The fourth-order valence-corrected chi connectivity index (χ4v) is 4.03. The average Bonchev–Trinajstić information content (AvgIpc) is 2.76. The number of carbonyl (C=O) groups excluding carboxylic acids is 1. The van der Waals surface area contributed by atoms with Crippen LogP contribution in [0.4, 0.5) is 0 Å². The second kappa shape index (κ2) is 4.19. The number of hydrogen-bond donors (Lipinski definition) is 0. The summed E-state index contributed by atoms with van der Waals surface area (Å²) in [6.45, 7) is 8.41. The fraction of sp³-hybridized carbons (Fsp3) is 0.389. The number of benzene rings is 1. The molecule has 0 spiro atoms. The van der Waals surface area contributed by atoms with Gasteiger partial charge in [0.05, 0.1) is 5.41 Å². The molecule has 0 amide bonds. The maximum Gasteiger partial charge on any atom is 0.147 e. The Morgan fingerprint density at radius 2 is 2.00 bits per heavy atom. The van der Waals surface area contributed by atoms with Crippen molar-refractivity contribution in [3.63, 3.8) is 0 Å². The minimum absolute atomic E-state index is 0.126. The van der Waals surface area contributed by atoms with Crippen molar-refractivity contribution >= 4 is 5.78 Å². The monoisotopic (exact) mass is 252 g/mol. The van der Waals surface area contributed by atoms with Crippen molar-refractivity contribution in [3.05, 3.63) is 60.2 Å². The van der Waals surface area contributed by atoms with Crippen LogP contribution in [0.1, 0.15) is 31.7 Å². The van der Waals surface area contributed by atoms with Crippen molar-refractivity contribution < 1.29 is 4.79 Å². The molecule has 2 aliphatic rings. The average molecular weight is 252 g/mol. The molecule has 4 atom stereocenters. The summed E-state index contributed by atoms with van der Waals surface area (Å²) in [5.74, 6) is 1.08. The van der Waals surface area contributed by atoms with E-state index in [2.05, 4.69) is 37.8 Å². The standard InChI is InChI=1S/C18H20O/c1-4-8-14-11-15-16(13-9-6-5-7-10-13)12(2)18(14,3)17(15)19/h4-10,14-16H,2,11H2,1,3H3/b8-4-/t14?,15?,16?,18-/m0/s1. The molecular formula is C18H20O. The van der Waals surface area contributed by atoms with Crippen molar-refractivity contribution in [1.29, 1.82) is 0 Å². The number of hydrogen-bond acceptors (Lipinski definition) is 1. The first-order chi connectivity index (χ1) is 9.10. The topological polar surface area (TPSA) is 17.1 Å². The molecule has 2 fully saturated rings. The molecule has 1 heteroatoms. The summed E-state index contributed by atoms with van der Waals surface area (Å²) in [5, 5.41) is 0. The van der Waals surface area contributed by atoms with Crippen LogP contribution in [0.3, 0.4) is 0 Å². The summed E-state index contributed by atoms with van der Waals surface area (Å²) in [7, 11) is 0. The molecule has 2 bridgehead atoms. The lowest BCUT2D eigenvalue weighted by molar-refractivity contribution is -0.124. The summed E-state index contributed by atoms with van der Waals surface area (Å²) in [6, 6.07) is 10.4. The normalized spacial score (nSPS) is 37.5. The molecule has 0 aliphatic heterocycles. The number of ketones is 1. The van der Waals surface area contributed by atoms with Crippen LogP contribution in [0.2, 0.25) is 0 Å². The smallest absolute Gasteiger partial charge is 0.147 e. The van der Waals surface area contributed by atoms with Gasteiger partial charge in [-0.1, -0.05) is 54.6 Å². The highest BCUT2D eigenvalue weighted by atomic mass is 16.1. The van der Waals surface area contributed by atoms with Gasteiger partial charge in [0.1, 0.15) is 5.78 Å². The Hall–Kier alpha value is -1.63. The predicted molar refractivity (Wildman–Crippen MR) is 77.8 cm³/mol. The summed E-state index contributed by atoms with van der Waals surface area (Å²) < 4.78 is 0. The molecule has 19 heavy (non-hydrogen) atoms. The van der Waals surface area contributed by atoms with E-state index in [0.29, 0.717) is 11.7 Å². The molecule has 2 saturated carbocycles. The van der Waals surface area contributed by atoms with Crippen molar-refractivity contribution in [2.45, 2.75) is 26.2 Å². The fourth-order valence-electron chi connectivity index (χ4n) is 4.03. The predicted octanol–water partition coefficient (Wildman–Crippen LogP) is 4.13. The summed E-state index contributed by atoms with van der Waals surface area (Å²) in [5.41, 5.74) is 2.01. The summed E-state index contributed by atoms with van der Waals surface area (Å²) >= 11 is 0. The Bertz CT molecular complexity index is 554. The van der Waals surface area contributed by atoms with Gasteiger partial charge >= 0.3 is 0 Å². The Morgan fingerprint density at radius 1 is 1.32 bits per heavy atom. The van der Waals surface area contributed by atoms with Gasteiger partial charge in [0.2, 0.25) is 0 Å². The quantitative estimate of drug-likeness (QED) is 0.723. The molecule has 0 aromatic heterocycles. The van der Waals surface area contributed by atoms with Crippen LogP contribution in [0.5, 0.6) is 0 Å². The van der Waals surface area contributed by atoms with Crippen LogP contribution < -0.4 is 0 Å². The Morgan fingerprint density at radius 3 is 2.58 bits per heavy atom. The van der Waals surface area contributed by atoms with E-state index in [9.17, 15) is 4.79 Å². The zero-order valence-electron chi connectivity index (χ0n) is 11.6. The summed E-state index contributed by atoms with van der Waals surface area (Å²) in [6.07, 6.45) is 5.22. The van der Waals surface area contributed by atoms with Gasteiger partial charge in [0, 0.05) is 11.8 Å². The minimum Gasteiger partial charge on any atom is -0.298 e. The molecule has 1 nitrogen and oxygen atoms in total. The molecule has 3 unspecified atom stereocenters. The number of allylic oxidation sites excluding steroid dienone is 3. The SMILES string of the molecule is C=C1C(c2ccccc2)C2CC(/C=C\C)[C@@]1(C)C2=O. The minimum atomic E-state index is -0.350. The molecule has 3 rings (SSSR count). The van der Waals surface area contributed by atoms with Gasteiger partial charge in [-0.2, -0.15) is 0 Å². The van der Waals surface area contributed by atoms with Gasteiger partial charge in [-0.15, -0.1) is 0 Å². The molecule has 0 saturated heterocycles.